The summed E-state index contributed by atoms with van der Waals surface area (Å²) < 4.78 is 11.8. The van der Waals surface area contributed by atoms with Crippen molar-refractivity contribution in [1.82, 2.24) is 4.57 Å². The number of pyridine rings is 1. The van der Waals surface area contributed by atoms with Gasteiger partial charge in [-0.3, -0.25) is 14.4 Å². The summed E-state index contributed by atoms with van der Waals surface area (Å²) >= 11 is 0. The number of fused-ring (bicyclic) bond motifs is 1. The highest BCUT2D eigenvalue weighted by Crippen LogP contribution is 2.21. The molecule has 3 aromatic rings. The molecule has 3 rings (SSSR count). The molecule has 0 aliphatic heterocycles. The fourth-order valence-corrected chi connectivity index (χ4v) is 3.22. The number of hydrogen-bond acceptors (Lipinski definition) is 6. The van der Waals surface area contributed by atoms with Crippen LogP contribution in [0.4, 0.5) is 0 Å². The molecule has 0 saturated carbocycles. The first-order chi connectivity index (χ1) is 14.5. The van der Waals surface area contributed by atoms with Gasteiger partial charge in [-0.15, -0.1) is 0 Å². The fraction of sp³-hybridized carbons (Fsp3) is 0.217. The minimum absolute atomic E-state index is 0.0282. The van der Waals surface area contributed by atoms with E-state index in [-0.39, 0.29) is 12.2 Å². The van der Waals surface area contributed by atoms with E-state index in [4.69, 9.17) is 4.74 Å². The van der Waals surface area contributed by atoms with E-state index in [0.29, 0.717) is 23.2 Å². The summed E-state index contributed by atoms with van der Waals surface area (Å²) in [5, 5.41) is 0.349. The van der Waals surface area contributed by atoms with Gasteiger partial charge in [-0.1, -0.05) is 30.3 Å². The topological polar surface area (TPSA) is 91.7 Å². The van der Waals surface area contributed by atoms with Gasteiger partial charge in [0, 0.05) is 17.1 Å². The molecule has 30 heavy (non-hydrogen) atoms. The van der Waals surface area contributed by atoms with Crippen LogP contribution in [0.25, 0.3) is 10.9 Å². The van der Waals surface area contributed by atoms with E-state index in [9.17, 15) is 19.2 Å². The van der Waals surface area contributed by atoms with Gasteiger partial charge in [0.25, 0.3) is 0 Å². The van der Waals surface area contributed by atoms with Crippen molar-refractivity contribution in [3.63, 3.8) is 0 Å². The molecule has 0 saturated heterocycles. The van der Waals surface area contributed by atoms with E-state index >= 15 is 0 Å². The van der Waals surface area contributed by atoms with E-state index < -0.39 is 29.4 Å². The van der Waals surface area contributed by atoms with Crippen molar-refractivity contribution in [2.45, 2.75) is 19.9 Å². The fourth-order valence-electron chi connectivity index (χ4n) is 3.22. The van der Waals surface area contributed by atoms with Gasteiger partial charge >= 0.3 is 5.97 Å². The highest BCUT2D eigenvalue weighted by Gasteiger charge is 2.23. The Bertz CT molecular complexity index is 1180. The van der Waals surface area contributed by atoms with Crippen molar-refractivity contribution in [2.24, 2.45) is 0 Å². The number of methoxy groups -OCH3 is 1. The highest BCUT2D eigenvalue weighted by atomic mass is 16.5. The van der Waals surface area contributed by atoms with Crippen molar-refractivity contribution in [1.29, 1.82) is 0 Å². The zero-order valence-electron chi connectivity index (χ0n) is 16.7. The lowest BCUT2D eigenvalue weighted by Crippen LogP contribution is -2.25. The van der Waals surface area contributed by atoms with Crippen molar-refractivity contribution >= 4 is 28.4 Å². The maximum Gasteiger partial charge on any atom is 0.375 e. The summed E-state index contributed by atoms with van der Waals surface area (Å²) in [6.45, 7) is 1.93. The number of aromatic nitrogens is 1. The maximum atomic E-state index is 12.9. The van der Waals surface area contributed by atoms with Crippen LogP contribution in [0, 0.1) is 0 Å². The van der Waals surface area contributed by atoms with Crippen LogP contribution in [0.15, 0.2) is 59.5 Å². The third-order valence-corrected chi connectivity index (χ3v) is 4.65. The molecule has 0 amide bonds. The van der Waals surface area contributed by atoms with Gasteiger partial charge in [0.2, 0.25) is 5.78 Å². The van der Waals surface area contributed by atoms with E-state index in [1.165, 1.54) is 6.20 Å². The minimum Gasteiger partial charge on any atom is -0.496 e. The van der Waals surface area contributed by atoms with Gasteiger partial charge in [0.05, 0.1) is 37.8 Å². The summed E-state index contributed by atoms with van der Waals surface area (Å²) in [6, 6.07) is 14.3. The average Bonchev–Trinajstić information content (AvgIpc) is 2.76. The first-order valence-electron chi connectivity index (χ1n) is 9.43. The second-order valence-corrected chi connectivity index (χ2v) is 6.57. The normalized spacial score (nSPS) is 10.6. The average molecular weight is 407 g/mol. The summed E-state index contributed by atoms with van der Waals surface area (Å²) in [4.78, 5) is 49.1. The predicted octanol–water partition coefficient (Wildman–Crippen LogP) is 2.76. The Labute approximate surface area is 172 Å². The molecule has 0 bridgehead atoms. The smallest absolute Gasteiger partial charge is 0.375 e. The van der Waals surface area contributed by atoms with Gasteiger partial charge in [-0.05, 0) is 25.1 Å². The van der Waals surface area contributed by atoms with Gasteiger partial charge < -0.3 is 14.0 Å². The molecule has 0 unspecified atom stereocenters. The molecule has 0 radical (unpaired) electrons. The molecule has 7 nitrogen and oxygen atoms in total. The number of para-hydroxylation sites is 2. The Morgan fingerprint density at radius 3 is 2.43 bits per heavy atom. The number of rotatable bonds is 8. The lowest BCUT2D eigenvalue weighted by Gasteiger charge is -2.15. The van der Waals surface area contributed by atoms with Gasteiger partial charge in [0.1, 0.15) is 5.75 Å². The van der Waals surface area contributed by atoms with E-state index in [1.54, 1.807) is 42.9 Å². The van der Waals surface area contributed by atoms with Gasteiger partial charge in [-0.25, -0.2) is 4.79 Å². The Hall–Kier alpha value is -3.74. The summed E-state index contributed by atoms with van der Waals surface area (Å²) in [5.41, 5.74) is 0.862. The number of ether oxygens (including phenoxy) is 2. The van der Waals surface area contributed by atoms with Crippen LogP contribution in [0.3, 0.4) is 0 Å². The monoisotopic (exact) mass is 407 g/mol. The predicted molar refractivity (Wildman–Crippen MR) is 111 cm³/mol. The molecule has 2 aromatic carbocycles. The number of ketones is 2. The number of benzene rings is 2. The lowest BCUT2D eigenvalue weighted by molar-refractivity contribution is -0.153. The molecule has 0 fully saturated rings. The standard InChI is InChI=1S/C23H21NO6/c1-3-30-23(28)20(26)12-19(25)17-14-24(13-15-8-4-7-11-21(15)29-2)18-10-6-5-9-16(18)22(17)27/h4-11,14H,3,12-13H2,1-2H3. The summed E-state index contributed by atoms with van der Waals surface area (Å²) in [7, 11) is 1.57. The summed E-state index contributed by atoms with van der Waals surface area (Å²) in [6.07, 6.45) is 0.707. The quantitative estimate of drug-likeness (QED) is 0.247. The third kappa shape index (κ3) is 4.30. The van der Waals surface area contributed by atoms with Crippen LogP contribution in [0.2, 0.25) is 0 Å². The Balaban J connectivity index is 2.05. The molecule has 0 N–H and O–H groups in total. The van der Waals surface area contributed by atoms with E-state index in [0.717, 1.165) is 5.56 Å². The molecule has 1 heterocycles. The first-order valence-corrected chi connectivity index (χ1v) is 9.43. The van der Waals surface area contributed by atoms with Gasteiger partial charge in [-0.2, -0.15) is 0 Å². The molecule has 0 spiro atoms. The molecule has 0 aliphatic carbocycles. The largest absolute Gasteiger partial charge is 0.496 e. The Morgan fingerprint density at radius 2 is 1.70 bits per heavy atom. The zero-order chi connectivity index (χ0) is 21.7. The number of hydrogen-bond donors (Lipinski definition) is 0. The van der Waals surface area contributed by atoms with Crippen LogP contribution >= 0.6 is 0 Å². The molecular formula is C23H21NO6. The number of Topliss-reactive ketones (excluding diaryl/α,β-unsaturated/α-hetero) is 2. The summed E-state index contributed by atoms with van der Waals surface area (Å²) in [5.74, 6) is -2.12. The second kappa shape index (κ2) is 9.17. The maximum absolute atomic E-state index is 12.9. The highest BCUT2D eigenvalue weighted by molar-refractivity contribution is 6.38. The number of carbonyl (C=O) groups is 3. The van der Waals surface area contributed by atoms with Crippen LogP contribution in [0.1, 0.15) is 29.3 Å². The number of carbonyl (C=O) groups excluding carboxylic acids is 3. The molecule has 7 heteroatoms. The minimum atomic E-state index is -1.08. The van der Waals surface area contributed by atoms with Crippen LogP contribution in [-0.2, 0) is 20.9 Å². The molecular weight excluding hydrogens is 386 g/mol. The van der Waals surface area contributed by atoms with Crippen LogP contribution < -0.4 is 10.2 Å². The zero-order valence-corrected chi connectivity index (χ0v) is 16.7. The second-order valence-electron chi connectivity index (χ2n) is 6.57. The van der Waals surface area contributed by atoms with Crippen molar-refractivity contribution < 1.29 is 23.9 Å². The molecule has 0 aliphatic rings. The van der Waals surface area contributed by atoms with E-state index in [2.05, 4.69) is 4.74 Å². The van der Waals surface area contributed by atoms with Crippen molar-refractivity contribution in [2.75, 3.05) is 13.7 Å². The first kappa shape index (κ1) is 21.0. The van der Waals surface area contributed by atoms with Crippen molar-refractivity contribution in [3.05, 3.63) is 76.1 Å². The molecule has 1 aromatic heterocycles. The lowest BCUT2D eigenvalue weighted by atomic mass is 10.0. The Kier molecular flexibility index (Phi) is 6.41. The number of nitrogens with zero attached hydrogens (tertiary/aromatic N) is 1. The SMILES string of the molecule is CCOC(=O)C(=O)CC(=O)c1cn(Cc2ccccc2OC)c2ccccc2c1=O. The van der Waals surface area contributed by atoms with Crippen molar-refractivity contribution in [3.8, 4) is 5.75 Å². The molecule has 0 atom stereocenters. The van der Waals surface area contributed by atoms with Crippen LogP contribution in [-0.4, -0.2) is 35.8 Å². The Morgan fingerprint density at radius 1 is 1.00 bits per heavy atom. The van der Waals surface area contributed by atoms with Crippen LogP contribution in [0.5, 0.6) is 5.75 Å². The third-order valence-electron chi connectivity index (χ3n) is 4.65. The van der Waals surface area contributed by atoms with Gasteiger partial charge in [0.15, 0.2) is 11.2 Å². The van der Waals surface area contributed by atoms with E-state index in [1.807, 2.05) is 24.3 Å². The number of esters is 1. The molecule has 154 valence electrons.